The van der Waals surface area contributed by atoms with Crippen molar-refractivity contribution in [1.82, 2.24) is 20.1 Å². The Balaban J connectivity index is 1.57. The third kappa shape index (κ3) is 5.21. The van der Waals surface area contributed by atoms with Crippen LogP contribution in [0.15, 0.2) is 40.4 Å². The second-order valence-electron chi connectivity index (χ2n) is 9.50. The monoisotopic (exact) mass is 492 g/mol. The third-order valence-corrected chi connectivity index (χ3v) is 6.48. The van der Waals surface area contributed by atoms with Crippen LogP contribution in [0.25, 0.3) is 0 Å². The Morgan fingerprint density at radius 1 is 1.19 bits per heavy atom. The highest BCUT2D eigenvalue weighted by atomic mass is 16.5. The molecule has 36 heavy (non-hydrogen) atoms. The molecule has 0 bridgehead atoms. The Morgan fingerprint density at radius 3 is 2.67 bits per heavy atom. The van der Waals surface area contributed by atoms with Gasteiger partial charge in [-0.3, -0.25) is 29.9 Å². The molecule has 1 amide bonds. The van der Waals surface area contributed by atoms with Crippen LogP contribution in [-0.4, -0.2) is 77.9 Å². The van der Waals surface area contributed by atoms with Gasteiger partial charge in [-0.1, -0.05) is 0 Å². The maximum Gasteiger partial charge on any atom is 0.259 e. The number of carbonyl (C=O) groups excluding carboxylic acids is 1. The highest BCUT2D eigenvalue weighted by Crippen LogP contribution is 2.43. The number of nitrogens with one attached hydrogen (secondary N) is 1. The summed E-state index contributed by atoms with van der Waals surface area (Å²) < 4.78 is 11.9. The van der Waals surface area contributed by atoms with Gasteiger partial charge >= 0.3 is 0 Å². The van der Waals surface area contributed by atoms with Gasteiger partial charge < -0.3 is 9.47 Å². The van der Waals surface area contributed by atoms with Gasteiger partial charge in [0.1, 0.15) is 11.5 Å². The lowest BCUT2D eigenvalue weighted by Gasteiger charge is -2.30. The van der Waals surface area contributed by atoms with Crippen LogP contribution in [0.5, 0.6) is 11.5 Å². The fourth-order valence-corrected chi connectivity index (χ4v) is 4.74. The minimum Gasteiger partial charge on any atom is -0.491 e. The zero-order valence-electron chi connectivity index (χ0n) is 22.0. The predicted octanol–water partition coefficient (Wildman–Crippen LogP) is 3.78. The Bertz CT molecular complexity index is 1170. The number of benzene rings is 1. The smallest absolute Gasteiger partial charge is 0.259 e. The first-order valence-electron chi connectivity index (χ1n) is 12.5. The SMILES string of the molecule is COc1c(OCCCN(C(C)C)C(C)C)ccc2c1N=C(NC(=O)c1cccnc1C)N1CCN=C21. The molecule has 0 saturated carbocycles. The summed E-state index contributed by atoms with van der Waals surface area (Å²) in [6.07, 6.45) is 2.56. The fraction of sp³-hybridized carbons (Fsp3) is 0.481. The molecular formula is C27H36N6O3. The van der Waals surface area contributed by atoms with Crippen molar-refractivity contribution in [3.05, 3.63) is 47.3 Å². The lowest BCUT2D eigenvalue weighted by Crippen LogP contribution is -2.47. The van der Waals surface area contributed by atoms with E-state index < -0.39 is 0 Å². The molecule has 4 rings (SSSR count). The molecule has 2 aliphatic rings. The Morgan fingerprint density at radius 2 is 1.97 bits per heavy atom. The van der Waals surface area contributed by atoms with Gasteiger partial charge in [0, 0.05) is 42.6 Å². The first-order valence-corrected chi connectivity index (χ1v) is 12.5. The first kappa shape index (κ1) is 25.6. The van der Waals surface area contributed by atoms with Crippen molar-refractivity contribution in [3.8, 4) is 11.5 Å². The van der Waals surface area contributed by atoms with Gasteiger partial charge in [0.15, 0.2) is 11.5 Å². The number of pyridine rings is 1. The number of rotatable bonds is 9. The zero-order valence-corrected chi connectivity index (χ0v) is 22.0. The molecule has 1 aromatic carbocycles. The fourth-order valence-electron chi connectivity index (χ4n) is 4.74. The number of ether oxygens (including phenoxy) is 2. The summed E-state index contributed by atoms with van der Waals surface area (Å²) >= 11 is 0. The number of aliphatic imine (C=N–C) groups is 2. The normalized spacial score (nSPS) is 14.5. The maximum absolute atomic E-state index is 13.0. The van der Waals surface area contributed by atoms with Gasteiger partial charge in [-0.2, -0.15) is 0 Å². The van der Waals surface area contributed by atoms with Crippen molar-refractivity contribution in [2.75, 3.05) is 33.4 Å². The summed E-state index contributed by atoms with van der Waals surface area (Å²) in [5.74, 6) is 2.09. The lowest BCUT2D eigenvalue weighted by atomic mass is 10.1. The molecular weight excluding hydrogens is 456 g/mol. The van der Waals surface area contributed by atoms with Crippen LogP contribution in [0.4, 0.5) is 5.69 Å². The average molecular weight is 493 g/mol. The number of amidine groups is 1. The maximum atomic E-state index is 13.0. The number of amides is 1. The van der Waals surface area contributed by atoms with E-state index in [1.807, 2.05) is 24.0 Å². The van der Waals surface area contributed by atoms with Crippen molar-refractivity contribution in [2.45, 2.75) is 53.1 Å². The van der Waals surface area contributed by atoms with Crippen molar-refractivity contribution in [1.29, 1.82) is 0 Å². The molecule has 1 aromatic heterocycles. The quantitative estimate of drug-likeness (QED) is 0.536. The van der Waals surface area contributed by atoms with Crippen LogP contribution in [0.1, 0.15) is 55.7 Å². The van der Waals surface area contributed by atoms with E-state index in [0.717, 1.165) is 24.4 Å². The number of methoxy groups -OCH3 is 1. The largest absolute Gasteiger partial charge is 0.491 e. The summed E-state index contributed by atoms with van der Waals surface area (Å²) in [5.41, 5.74) is 2.63. The van der Waals surface area contributed by atoms with Gasteiger partial charge in [-0.15, -0.1) is 0 Å². The molecule has 2 aliphatic heterocycles. The summed E-state index contributed by atoms with van der Waals surface area (Å²) in [6.45, 7) is 13.4. The van der Waals surface area contributed by atoms with E-state index in [1.165, 1.54) is 0 Å². The van der Waals surface area contributed by atoms with Crippen molar-refractivity contribution in [3.63, 3.8) is 0 Å². The molecule has 1 N–H and O–H groups in total. The van der Waals surface area contributed by atoms with E-state index in [2.05, 4.69) is 47.9 Å². The molecule has 192 valence electrons. The summed E-state index contributed by atoms with van der Waals surface area (Å²) in [5, 5.41) is 2.96. The van der Waals surface area contributed by atoms with Gasteiger partial charge in [0.25, 0.3) is 5.91 Å². The third-order valence-electron chi connectivity index (χ3n) is 6.48. The molecule has 0 fully saturated rings. The summed E-state index contributed by atoms with van der Waals surface area (Å²) in [7, 11) is 1.61. The number of carbonyl (C=O) groups is 1. The second kappa shape index (κ2) is 11.1. The number of guanidine groups is 1. The van der Waals surface area contributed by atoms with Crippen LogP contribution >= 0.6 is 0 Å². The van der Waals surface area contributed by atoms with Gasteiger partial charge in [0.2, 0.25) is 5.96 Å². The molecule has 9 nitrogen and oxygen atoms in total. The minimum absolute atomic E-state index is 0.264. The highest BCUT2D eigenvalue weighted by molar-refractivity contribution is 6.20. The number of aromatic nitrogens is 1. The second-order valence-corrected chi connectivity index (χ2v) is 9.50. The molecule has 3 heterocycles. The predicted molar refractivity (Wildman–Crippen MR) is 142 cm³/mol. The standard InChI is InChI=1S/C27H36N6O3/c1-17(2)32(18(3)4)14-8-16-36-22-11-10-21-23(24(22)35-6)30-27(33-15-13-29-25(21)33)31-26(34)20-9-7-12-28-19(20)5/h7,9-12,17-18H,8,13-16H2,1-6H3,(H,30,31,34). The zero-order chi connectivity index (χ0) is 25.8. The summed E-state index contributed by atoms with van der Waals surface area (Å²) in [6, 6.07) is 8.34. The van der Waals surface area contributed by atoms with E-state index in [0.29, 0.717) is 66.2 Å². The molecule has 0 atom stereocenters. The molecule has 2 aromatic rings. The van der Waals surface area contributed by atoms with Crippen molar-refractivity contribution >= 4 is 23.4 Å². The van der Waals surface area contributed by atoms with Gasteiger partial charge in [-0.25, -0.2) is 4.99 Å². The lowest BCUT2D eigenvalue weighted by molar-refractivity contribution is 0.0973. The molecule has 0 radical (unpaired) electrons. The molecule has 0 spiro atoms. The van der Waals surface area contributed by atoms with Crippen LogP contribution in [0.2, 0.25) is 0 Å². The van der Waals surface area contributed by atoms with Crippen LogP contribution in [0, 0.1) is 6.92 Å². The highest BCUT2D eigenvalue weighted by Gasteiger charge is 2.33. The van der Waals surface area contributed by atoms with Crippen LogP contribution < -0.4 is 14.8 Å². The van der Waals surface area contributed by atoms with Crippen LogP contribution in [-0.2, 0) is 0 Å². The number of fused-ring (bicyclic) bond motifs is 3. The van der Waals surface area contributed by atoms with E-state index in [1.54, 1.807) is 25.4 Å². The van der Waals surface area contributed by atoms with Crippen molar-refractivity contribution in [2.24, 2.45) is 9.98 Å². The van der Waals surface area contributed by atoms with E-state index in [4.69, 9.17) is 14.5 Å². The molecule has 0 unspecified atom stereocenters. The van der Waals surface area contributed by atoms with Crippen LogP contribution in [0.3, 0.4) is 0 Å². The molecule has 0 saturated heterocycles. The number of hydrogen-bond donors (Lipinski definition) is 1. The Labute approximate surface area is 213 Å². The van der Waals surface area contributed by atoms with E-state index >= 15 is 0 Å². The van der Waals surface area contributed by atoms with E-state index in [9.17, 15) is 4.79 Å². The first-order chi connectivity index (χ1) is 17.3. The van der Waals surface area contributed by atoms with Gasteiger partial charge in [0.05, 0.1) is 25.8 Å². The van der Waals surface area contributed by atoms with Crippen molar-refractivity contribution < 1.29 is 14.3 Å². The van der Waals surface area contributed by atoms with Gasteiger partial charge in [-0.05, 0) is 65.3 Å². The Hall–Kier alpha value is -3.46. The number of aryl methyl sites for hydroxylation is 1. The number of nitrogens with zero attached hydrogens (tertiary/aromatic N) is 5. The Kier molecular flexibility index (Phi) is 7.88. The molecule has 9 heteroatoms. The summed E-state index contributed by atoms with van der Waals surface area (Å²) in [4.78, 5) is 31.1. The number of hydrogen-bond acceptors (Lipinski definition) is 8. The minimum atomic E-state index is -0.264. The topological polar surface area (TPSA) is 91.7 Å². The average Bonchev–Trinajstić information content (AvgIpc) is 3.34. The molecule has 0 aliphatic carbocycles. The van der Waals surface area contributed by atoms with E-state index in [-0.39, 0.29) is 5.91 Å².